The molecule has 1 aromatic carbocycles. The molecular weight excluding hydrogens is 342 g/mol. The SMILES string of the molecule is Cc1nc(-c2cccc(C(=O)O)c2)cc([C@@H]2CCCN2C(=O)C(C)(C)C)n1. The maximum absolute atomic E-state index is 12.8. The van der Waals surface area contributed by atoms with Crippen molar-refractivity contribution in [1.82, 2.24) is 14.9 Å². The van der Waals surface area contributed by atoms with Crippen LogP contribution in [0.1, 0.15) is 61.5 Å². The fourth-order valence-electron chi connectivity index (χ4n) is 3.47. The van der Waals surface area contributed by atoms with Gasteiger partial charge in [0.25, 0.3) is 0 Å². The molecule has 1 amide bonds. The van der Waals surface area contributed by atoms with Crippen molar-refractivity contribution < 1.29 is 14.7 Å². The molecule has 1 aliphatic heterocycles. The molecule has 2 aromatic rings. The number of aromatic carboxylic acids is 1. The molecule has 0 aliphatic carbocycles. The summed E-state index contributed by atoms with van der Waals surface area (Å²) in [5.41, 5.74) is 2.00. The van der Waals surface area contributed by atoms with Gasteiger partial charge in [0, 0.05) is 17.5 Å². The molecule has 2 heterocycles. The molecule has 6 heteroatoms. The third-order valence-electron chi connectivity index (χ3n) is 4.76. The topological polar surface area (TPSA) is 83.4 Å². The first kappa shape index (κ1) is 19.0. The van der Waals surface area contributed by atoms with E-state index in [2.05, 4.69) is 9.97 Å². The van der Waals surface area contributed by atoms with Crippen molar-refractivity contribution in [2.75, 3.05) is 6.54 Å². The number of carboxylic acids is 1. The normalized spacial score (nSPS) is 17.2. The van der Waals surface area contributed by atoms with E-state index < -0.39 is 11.4 Å². The number of carbonyl (C=O) groups excluding carboxylic acids is 1. The third kappa shape index (κ3) is 3.99. The molecule has 6 nitrogen and oxygen atoms in total. The minimum atomic E-state index is -0.972. The van der Waals surface area contributed by atoms with Crippen LogP contribution in [-0.2, 0) is 4.79 Å². The molecule has 1 fully saturated rings. The van der Waals surface area contributed by atoms with Gasteiger partial charge in [-0.2, -0.15) is 0 Å². The Balaban J connectivity index is 2.00. The number of amides is 1. The molecule has 1 saturated heterocycles. The van der Waals surface area contributed by atoms with E-state index in [4.69, 9.17) is 0 Å². The van der Waals surface area contributed by atoms with Crippen molar-refractivity contribution in [1.29, 1.82) is 0 Å². The zero-order valence-corrected chi connectivity index (χ0v) is 16.2. The van der Waals surface area contributed by atoms with Crippen LogP contribution in [0.15, 0.2) is 30.3 Å². The van der Waals surface area contributed by atoms with Crippen LogP contribution in [0, 0.1) is 12.3 Å². The Labute approximate surface area is 159 Å². The van der Waals surface area contributed by atoms with Crippen molar-refractivity contribution in [3.05, 3.63) is 47.4 Å². The second kappa shape index (κ2) is 7.10. The van der Waals surface area contributed by atoms with Crippen LogP contribution in [0.2, 0.25) is 0 Å². The number of aryl methyl sites for hydroxylation is 1. The second-order valence-corrected chi connectivity index (χ2v) is 8.02. The van der Waals surface area contributed by atoms with E-state index in [9.17, 15) is 14.7 Å². The third-order valence-corrected chi connectivity index (χ3v) is 4.76. The fraction of sp³-hybridized carbons (Fsp3) is 0.429. The molecule has 0 saturated carbocycles. The number of likely N-dealkylation sites (tertiary alicyclic amines) is 1. The minimum absolute atomic E-state index is 0.0696. The Morgan fingerprint density at radius 3 is 2.59 bits per heavy atom. The molecule has 0 spiro atoms. The summed E-state index contributed by atoms with van der Waals surface area (Å²) >= 11 is 0. The van der Waals surface area contributed by atoms with Gasteiger partial charge in [-0.1, -0.05) is 32.9 Å². The van der Waals surface area contributed by atoms with Gasteiger partial charge in [-0.25, -0.2) is 14.8 Å². The van der Waals surface area contributed by atoms with Crippen molar-refractivity contribution in [2.24, 2.45) is 5.41 Å². The molecule has 1 aromatic heterocycles. The molecule has 142 valence electrons. The minimum Gasteiger partial charge on any atom is -0.478 e. The quantitative estimate of drug-likeness (QED) is 0.890. The Bertz CT molecular complexity index is 886. The van der Waals surface area contributed by atoms with Gasteiger partial charge in [-0.3, -0.25) is 4.79 Å². The lowest BCUT2D eigenvalue weighted by atomic mass is 9.94. The van der Waals surface area contributed by atoms with Crippen molar-refractivity contribution in [2.45, 2.75) is 46.6 Å². The largest absolute Gasteiger partial charge is 0.478 e. The average molecular weight is 367 g/mol. The summed E-state index contributed by atoms with van der Waals surface area (Å²) in [6, 6.07) is 8.53. The van der Waals surface area contributed by atoms with Crippen LogP contribution in [0.4, 0.5) is 0 Å². The van der Waals surface area contributed by atoms with Crippen LogP contribution in [0.25, 0.3) is 11.3 Å². The zero-order valence-electron chi connectivity index (χ0n) is 16.2. The van der Waals surface area contributed by atoms with Gasteiger partial charge in [0.2, 0.25) is 5.91 Å². The number of aromatic nitrogens is 2. The maximum Gasteiger partial charge on any atom is 0.335 e. The van der Waals surface area contributed by atoms with Crippen LogP contribution < -0.4 is 0 Å². The van der Waals surface area contributed by atoms with Crippen LogP contribution in [0.5, 0.6) is 0 Å². The molecule has 0 unspecified atom stereocenters. The van der Waals surface area contributed by atoms with Crippen LogP contribution in [0.3, 0.4) is 0 Å². The van der Waals surface area contributed by atoms with E-state index in [0.29, 0.717) is 11.5 Å². The maximum atomic E-state index is 12.8. The molecule has 1 N–H and O–H groups in total. The first-order valence-electron chi connectivity index (χ1n) is 9.17. The van der Waals surface area contributed by atoms with Gasteiger partial charge in [-0.15, -0.1) is 0 Å². The highest BCUT2D eigenvalue weighted by Gasteiger charge is 2.36. The summed E-state index contributed by atoms with van der Waals surface area (Å²) in [6.45, 7) is 8.34. The average Bonchev–Trinajstić information content (AvgIpc) is 3.09. The van der Waals surface area contributed by atoms with E-state index in [1.807, 2.05) is 44.7 Å². The van der Waals surface area contributed by atoms with E-state index in [-0.39, 0.29) is 17.5 Å². The lowest BCUT2D eigenvalue weighted by Crippen LogP contribution is -2.39. The standard InChI is InChI=1S/C21H25N3O3/c1-13-22-16(14-7-5-8-15(11-14)19(25)26)12-17(23-13)18-9-6-10-24(18)20(27)21(2,3)4/h5,7-8,11-12,18H,6,9-10H2,1-4H3,(H,25,26)/t18-/m0/s1. The molecule has 0 radical (unpaired) electrons. The number of hydrogen-bond acceptors (Lipinski definition) is 4. The van der Waals surface area contributed by atoms with Gasteiger partial charge in [0.15, 0.2) is 0 Å². The van der Waals surface area contributed by atoms with E-state index in [1.165, 1.54) is 0 Å². The number of nitrogens with zero attached hydrogens (tertiary/aromatic N) is 3. The number of rotatable bonds is 3. The van der Waals surface area contributed by atoms with Crippen LogP contribution >= 0.6 is 0 Å². The van der Waals surface area contributed by atoms with Gasteiger partial charge < -0.3 is 10.0 Å². The van der Waals surface area contributed by atoms with Crippen molar-refractivity contribution >= 4 is 11.9 Å². The Morgan fingerprint density at radius 2 is 1.93 bits per heavy atom. The first-order valence-corrected chi connectivity index (χ1v) is 9.17. The summed E-state index contributed by atoms with van der Waals surface area (Å²) in [4.78, 5) is 35.1. The summed E-state index contributed by atoms with van der Waals surface area (Å²) in [5.74, 6) is -0.241. The summed E-state index contributed by atoms with van der Waals surface area (Å²) in [6.07, 6.45) is 1.81. The monoisotopic (exact) mass is 367 g/mol. The molecule has 3 rings (SSSR count). The highest BCUT2D eigenvalue weighted by Crippen LogP contribution is 2.35. The van der Waals surface area contributed by atoms with Gasteiger partial charge in [-0.05, 0) is 38.0 Å². The summed E-state index contributed by atoms with van der Waals surface area (Å²) in [7, 11) is 0. The molecule has 0 bridgehead atoms. The number of carbonyl (C=O) groups is 2. The zero-order chi connectivity index (χ0) is 19.8. The second-order valence-electron chi connectivity index (χ2n) is 8.02. The molecule has 27 heavy (non-hydrogen) atoms. The predicted octanol–water partition coefficient (Wildman–Crippen LogP) is 3.86. The van der Waals surface area contributed by atoms with Crippen LogP contribution in [-0.4, -0.2) is 38.4 Å². The number of carboxylic acid groups (broad SMARTS) is 1. The highest BCUT2D eigenvalue weighted by atomic mass is 16.4. The van der Waals surface area contributed by atoms with Gasteiger partial charge in [0.05, 0.1) is 23.0 Å². The van der Waals surface area contributed by atoms with Gasteiger partial charge in [0.1, 0.15) is 5.82 Å². The van der Waals surface area contributed by atoms with E-state index in [1.54, 1.807) is 18.2 Å². The fourth-order valence-corrected chi connectivity index (χ4v) is 3.47. The molecule has 1 atom stereocenters. The Kier molecular flexibility index (Phi) is 5.00. The predicted molar refractivity (Wildman–Crippen MR) is 102 cm³/mol. The van der Waals surface area contributed by atoms with Crippen molar-refractivity contribution in [3.63, 3.8) is 0 Å². The molecule has 1 aliphatic rings. The van der Waals surface area contributed by atoms with Gasteiger partial charge >= 0.3 is 5.97 Å². The first-order chi connectivity index (χ1) is 12.7. The van der Waals surface area contributed by atoms with E-state index >= 15 is 0 Å². The summed E-state index contributed by atoms with van der Waals surface area (Å²) in [5, 5.41) is 9.23. The molecular formula is C21H25N3O3. The number of benzene rings is 1. The smallest absolute Gasteiger partial charge is 0.335 e. The number of hydrogen-bond donors (Lipinski definition) is 1. The summed E-state index contributed by atoms with van der Waals surface area (Å²) < 4.78 is 0. The lowest BCUT2D eigenvalue weighted by Gasteiger charge is -2.30. The highest BCUT2D eigenvalue weighted by molar-refractivity contribution is 5.89. The Morgan fingerprint density at radius 1 is 1.19 bits per heavy atom. The van der Waals surface area contributed by atoms with E-state index in [0.717, 1.165) is 30.6 Å². The Hall–Kier alpha value is -2.76. The van der Waals surface area contributed by atoms with Crippen molar-refractivity contribution in [3.8, 4) is 11.3 Å². The lowest BCUT2D eigenvalue weighted by molar-refractivity contribution is -0.140.